The van der Waals surface area contributed by atoms with E-state index in [1.807, 2.05) is 25.1 Å². The van der Waals surface area contributed by atoms with Crippen molar-refractivity contribution in [2.24, 2.45) is 0 Å². The molecule has 0 aliphatic heterocycles. The fraction of sp³-hybridized carbons (Fsp3) is 0.400. The Morgan fingerprint density at radius 2 is 1.86 bits per heavy atom. The van der Waals surface area contributed by atoms with Crippen molar-refractivity contribution >= 4 is 5.91 Å². The standard InChI is InChI=1S/C10H15N3O/c1-12(2)7-5-6-9(8-11)10(14)13(3)4/h5-7H,1-4H3. The molecular weight excluding hydrogens is 178 g/mol. The molecule has 0 heterocycles. The summed E-state index contributed by atoms with van der Waals surface area (Å²) < 4.78 is 0. The van der Waals surface area contributed by atoms with Crippen molar-refractivity contribution in [1.82, 2.24) is 9.80 Å². The summed E-state index contributed by atoms with van der Waals surface area (Å²) >= 11 is 0. The molecule has 0 atom stereocenters. The molecule has 0 aromatic rings. The summed E-state index contributed by atoms with van der Waals surface area (Å²) in [5, 5.41) is 8.70. The number of allylic oxidation sites excluding steroid dienone is 2. The van der Waals surface area contributed by atoms with E-state index in [-0.39, 0.29) is 11.5 Å². The Bertz CT molecular complexity index is 295. The van der Waals surface area contributed by atoms with Crippen LogP contribution in [-0.4, -0.2) is 43.9 Å². The second-order valence-corrected chi connectivity index (χ2v) is 3.20. The summed E-state index contributed by atoms with van der Waals surface area (Å²) in [6.07, 6.45) is 4.93. The van der Waals surface area contributed by atoms with Gasteiger partial charge in [-0.1, -0.05) is 0 Å². The molecular formula is C10H15N3O. The quantitative estimate of drug-likeness (QED) is 0.374. The number of carbonyl (C=O) groups is 1. The number of nitrogens with zero attached hydrogens (tertiary/aromatic N) is 3. The molecule has 0 aromatic heterocycles. The predicted molar refractivity (Wildman–Crippen MR) is 55.2 cm³/mol. The van der Waals surface area contributed by atoms with Crippen LogP contribution in [-0.2, 0) is 4.79 Å². The molecule has 0 saturated carbocycles. The lowest BCUT2D eigenvalue weighted by atomic mass is 10.2. The smallest absolute Gasteiger partial charge is 0.263 e. The van der Waals surface area contributed by atoms with Crippen LogP contribution in [0.2, 0.25) is 0 Å². The first kappa shape index (κ1) is 12.2. The van der Waals surface area contributed by atoms with Gasteiger partial charge in [-0.25, -0.2) is 0 Å². The maximum Gasteiger partial charge on any atom is 0.263 e. The maximum absolute atomic E-state index is 11.3. The molecule has 14 heavy (non-hydrogen) atoms. The highest BCUT2D eigenvalue weighted by Gasteiger charge is 2.08. The van der Waals surface area contributed by atoms with Crippen LogP contribution >= 0.6 is 0 Å². The minimum Gasteiger partial charge on any atom is -0.383 e. The maximum atomic E-state index is 11.3. The van der Waals surface area contributed by atoms with Gasteiger partial charge in [0.05, 0.1) is 0 Å². The molecule has 76 valence electrons. The highest BCUT2D eigenvalue weighted by Crippen LogP contribution is 1.97. The van der Waals surface area contributed by atoms with E-state index in [0.717, 1.165) is 0 Å². The zero-order valence-corrected chi connectivity index (χ0v) is 8.98. The Morgan fingerprint density at radius 1 is 1.29 bits per heavy atom. The van der Waals surface area contributed by atoms with Crippen LogP contribution in [0.1, 0.15) is 0 Å². The monoisotopic (exact) mass is 193 g/mol. The van der Waals surface area contributed by atoms with Gasteiger partial charge >= 0.3 is 0 Å². The molecule has 0 saturated heterocycles. The summed E-state index contributed by atoms with van der Waals surface area (Å²) in [7, 11) is 6.96. The first-order valence-corrected chi connectivity index (χ1v) is 4.15. The van der Waals surface area contributed by atoms with Gasteiger partial charge in [-0.2, -0.15) is 5.26 Å². The van der Waals surface area contributed by atoms with Crippen LogP contribution in [0.4, 0.5) is 0 Å². The van der Waals surface area contributed by atoms with Gasteiger partial charge in [0.25, 0.3) is 5.91 Å². The van der Waals surface area contributed by atoms with Crippen molar-refractivity contribution in [2.45, 2.75) is 0 Å². The molecule has 0 aromatic carbocycles. The third-order valence-corrected chi connectivity index (χ3v) is 1.40. The molecule has 0 rings (SSSR count). The summed E-state index contributed by atoms with van der Waals surface area (Å²) in [6, 6.07) is 1.86. The third kappa shape index (κ3) is 4.31. The summed E-state index contributed by atoms with van der Waals surface area (Å²) in [5.74, 6) is -0.282. The van der Waals surface area contributed by atoms with Crippen LogP contribution in [0.5, 0.6) is 0 Å². The SMILES string of the molecule is CN(C)C=CC=C(C#N)C(=O)N(C)C. The Hall–Kier alpha value is -1.76. The normalized spacial score (nSPS) is 11.2. The van der Waals surface area contributed by atoms with Crippen LogP contribution in [0.25, 0.3) is 0 Å². The molecule has 1 amide bonds. The predicted octanol–water partition coefficient (Wildman–Crippen LogP) is 0.600. The molecule has 0 N–H and O–H groups in total. The molecule has 0 fully saturated rings. The van der Waals surface area contributed by atoms with Crippen LogP contribution in [0.15, 0.2) is 23.9 Å². The third-order valence-electron chi connectivity index (χ3n) is 1.40. The van der Waals surface area contributed by atoms with Gasteiger partial charge in [-0.15, -0.1) is 0 Å². The summed E-state index contributed by atoms with van der Waals surface area (Å²) in [6.45, 7) is 0. The van der Waals surface area contributed by atoms with Gasteiger partial charge in [0, 0.05) is 28.2 Å². The van der Waals surface area contributed by atoms with E-state index >= 15 is 0 Å². The topological polar surface area (TPSA) is 47.3 Å². The number of likely N-dealkylation sites (N-methyl/N-ethyl adjacent to an activating group) is 1. The lowest BCUT2D eigenvalue weighted by Crippen LogP contribution is -2.22. The number of hydrogen-bond donors (Lipinski definition) is 0. The molecule has 4 heteroatoms. The zero-order chi connectivity index (χ0) is 11.1. The average Bonchev–Trinajstić information content (AvgIpc) is 2.10. The zero-order valence-electron chi connectivity index (χ0n) is 8.98. The Kier molecular flexibility index (Phi) is 5.08. The van der Waals surface area contributed by atoms with Crippen molar-refractivity contribution in [2.75, 3.05) is 28.2 Å². The van der Waals surface area contributed by atoms with Crippen LogP contribution < -0.4 is 0 Å². The number of nitriles is 1. The van der Waals surface area contributed by atoms with Gasteiger partial charge in [0.15, 0.2) is 0 Å². The van der Waals surface area contributed by atoms with E-state index in [1.165, 1.54) is 11.0 Å². The van der Waals surface area contributed by atoms with E-state index < -0.39 is 0 Å². The van der Waals surface area contributed by atoms with Gasteiger partial charge < -0.3 is 9.80 Å². The van der Waals surface area contributed by atoms with Crippen molar-refractivity contribution < 1.29 is 4.79 Å². The second kappa shape index (κ2) is 5.81. The minimum atomic E-state index is -0.282. The molecule has 0 aliphatic carbocycles. The number of carbonyl (C=O) groups excluding carboxylic acids is 1. The average molecular weight is 193 g/mol. The van der Waals surface area contributed by atoms with E-state index in [1.54, 1.807) is 26.4 Å². The summed E-state index contributed by atoms with van der Waals surface area (Å²) in [4.78, 5) is 14.5. The molecule has 0 spiro atoms. The minimum absolute atomic E-state index is 0.133. The van der Waals surface area contributed by atoms with Crippen molar-refractivity contribution in [3.05, 3.63) is 23.9 Å². The number of rotatable bonds is 3. The summed E-state index contributed by atoms with van der Waals surface area (Å²) in [5.41, 5.74) is 0.133. The Labute approximate surface area is 84.7 Å². The molecule has 4 nitrogen and oxygen atoms in total. The van der Waals surface area contributed by atoms with Crippen molar-refractivity contribution in [3.63, 3.8) is 0 Å². The first-order valence-electron chi connectivity index (χ1n) is 4.15. The van der Waals surface area contributed by atoms with Gasteiger partial charge in [0.1, 0.15) is 11.6 Å². The van der Waals surface area contributed by atoms with E-state index in [9.17, 15) is 4.79 Å². The van der Waals surface area contributed by atoms with E-state index in [2.05, 4.69) is 0 Å². The molecule has 0 unspecified atom stereocenters. The fourth-order valence-electron chi connectivity index (χ4n) is 0.709. The van der Waals surface area contributed by atoms with Crippen LogP contribution in [0, 0.1) is 11.3 Å². The fourth-order valence-corrected chi connectivity index (χ4v) is 0.709. The Balaban J connectivity index is 4.59. The van der Waals surface area contributed by atoms with Gasteiger partial charge in [-0.3, -0.25) is 4.79 Å². The highest BCUT2D eigenvalue weighted by molar-refractivity contribution is 5.97. The van der Waals surface area contributed by atoms with Gasteiger partial charge in [-0.05, 0) is 18.4 Å². The first-order chi connectivity index (χ1) is 6.49. The van der Waals surface area contributed by atoms with Gasteiger partial charge in [0.2, 0.25) is 0 Å². The van der Waals surface area contributed by atoms with Crippen LogP contribution in [0.3, 0.4) is 0 Å². The lowest BCUT2D eigenvalue weighted by Gasteiger charge is -2.07. The molecule has 0 radical (unpaired) electrons. The highest BCUT2D eigenvalue weighted by atomic mass is 16.2. The number of hydrogen-bond acceptors (Lipinski definition) is 3. The second-order valence-electron chi connectivity index (χ2n) is 3.20. The van der Waals surface area contributed by atoms with Crippen molar-refractivity contribution in [3.8, 4) is 6.07 Å². The lowest BCUT2D eigenvalue weighted by molar-refractivity contribution is -0.124. The van der Waals surface area contributed by atoms with Crippen molar-refractivity contribution in [1.29, 1.82) is 5.26 Å². The number of amides is 1. The Morgan fingerprint density at radius 3 is 2.21 bits per heavy atom. The molecule has 0 aliphatic rings. The largest absolute Gasteiger partial charge is 0.383 e. The van der Waals surface area contributed by atoms with E-state index in [0.29, 0.717) is 0 Å². The van der Waals surface area contributed by atoms with E-state index in [4.69, 9.17) is 5.26 Å². The molecule has 0 bridgehead atoms.